The summed E-state index contributed by atoms with van der Waals surface area (Å²) in [5.41, 5.74) is -2.08. The molecule has 10 N–H and O–H groups in total. The molecule has 2 aliphatic heterocycles. The number of aliphatic hydroxyl groups excluding tert-OH is 8. The molecule has 2 heterocycles. The summed E-state index contributed by atoms with van der Waals surface area (Å²) in [4.78, 5) is 23.7. The van der Waals surface area contributed by atoms with Gasteiger partial charge in [-0.05, 0) is 19.3 Å². The summed E-state index contributed by atoms with van der Waals surface area (Å²) in [6.07, 6.45) is -15.4. The lowest BCUT2D eigenvalue weighted by Gasteiger charge is -2.47. The molecule has 2 rings (SSSR count). The van der Waals surface area contributed by atoms with Gasteiger partial charge >= 0.3 is 5.97 Å². The molecule has 1 amide bonds. The van der Waals surface area contributed by atoms with Crippen molar-refractivity contribution in [2.24, 2.45) is 0 Å². The highest BCUT2D eigenvalue weighted by molar-refractivity contribution is 5.78. The van der Waals surface area contributed by atoms with E-state index in [0.29, 0.717) is 0 Å². The number of hydrogen-bond donors (Lipinski definition) is 10. The average molecular weight is 483 g/mol. The fraction of sp³-hybridized carbons (Fsp3) is 0.895. The molecule has 0 saturated carbocycles. The van der Waals surface area contributed by atoms with Gasteiger partial charge in [0.05, 0.1) is 24.9 Å². The van der Waals surface area contributed by atoms with Crippen molar-refractivity contribution in [2.45, 2.75) is 99.4 Å². The van der Waals surface area contributed by atoms with Crippen LogP contribution < -0.4 is 5.32 Å². The van der Waals surface area contributed by atoms with Gasteiger partial charge in [0, 0.05) is 13.3 Å². The van der Waals surface area contributed by atoms with Crippen LogP contribution in [-0.2, 0) is 19.1 Å². The lowest BCUT2D eigenvalue weighted by atomic mass is 9.80. The highest BCUT2D eigenvalue weighted by Crippen LogP contribution is 2.37. The molecule has 14 heteroatoms. The van der Waals surface area contributed by atoms with Crippen LogP contribution in [0.5, 0.6) is 0 Å². The molecule has 0 aliphatic carbocycles. The largest absolute Gasteiger partial charge is 0.479 e. The molecule has 33 heavy (non-hydrogen) atoms. The van der Waals surface area contributed by atoms with Gasteiger partial charge in [-0.3, -0.25) is 4.79 Å². The molecular formula is C19H33NO13. The minimum atomic E-state index is -2.08. The number of carboxylic acids is 1. The van der Waals surface area contributed by atoms with E-state index in [1.54, 1.807) is 0 Å². The van der Waals surface area contributed by atoms with E-state index in [1.807, 2.05) is 0 Å². The second kappa shape index (κ2) is 11.3. The van der Waals surface area contributed by atoms with Crippen LogP contribution in [0.2, 0.25) is 0 Å². The normalized spacial score (nSPS) is 41.2. The first-order chi connectivity index (χ1) is 15.3. The van der Waals surface area contributed by atoms with Gasteiger partial charge in [-0.1, -0.05) is 0 Å². The van der Waals surface area contributed by atoms with E-state index in [2.05, 4.69) is 5.32 Å². The van der Waals surface area contributed by atoms with Gasteiger partial charge in [-0.25, -0.2) is 4.79 Å². The smallest absolute Gasteiger partial charge is 0.336 e. The zero-order valence-corrected chi connectivity index (χ0v) is 18.0. The Morgan fingerprint density at radius 1 is 1.09 bits per heavy atom. The summed E-state index contributed by atoms with van der Waals surface area (Å²) in [7, 11) is 0. The summed E-state index contributed by atoms with van der Waals surface area (Å²) in [6, 6.07) is -1.28. The van der Waals surface area contributed by atoms with Crippen LogP contribution >= 0.6 is 0 Å². The number of carboxylic acid groups (broad SMARTS) is 1. The van der Waals surface area contributed by atoms with Gasteiger partial charge in [-0.15, -0.1) is 0 Å². The predicted molar refractivity (Wildman–Crippen MR) is 105 cm³/mol. The van der Waals surface area contributed by atoms with Crippen LogP contribution in [-0.4, -0.2) is 131 Å². The number of aliphatic hydroxyl groups is 8. The molecule has 0 aromatic heterocycles. The Hall–Kier alpha value is -1.46. The van der Waals surface area contributed by atoms with Gasteiger partial charge in [0.1, 0.15) is 36.6 Å². The Kier molecular flexibility index (Phi) is 9.52. The van der Waals surface area contributed by atoms with Crippen LogP contribution in [0.25, 0.3) is 0 Å². The van der Waals surface area contributed by atoms with Crippen molar-refractivity contribution in [1.82, 2.24) is 5.32 Å². The number of nitrogens with one attached hydrogen (secondary N) is 1. The predicted octanol–water partition coefficient (Wildman–Crippen LogP) is -4.85. The number of ether oxygens (including phenoxy) is 2. The third-order valence-electron chi connectivity index (χ3n) is 6.10. The van der Waals surface area contributed by atoms with Gasteiger partial charge in [-0.2, -0.15) is 0 Å². The molecule has 2 aliphatic rings. The standard InChI is InChI=1S/C19H33NO13/c1-7(22)20-11-8(23)5-19(18(30)31,33-16(11)12(25)9(24)6-21)4-2-3-10-13(26)14(27)15(28)17(29)32-10/h8-17,21,23-29H,2-6H2,1H3,(H,20,22)(H,30,31)/t8-,9+,10+,11+,12+,13-,14-,15+,16+,17?,19+/m0/s1. The van der Waals surface area contributed by atoms with Crippen molar-refractivity contribution in [1.29, 1.82) is 0 Å². The zero-order chi connectivity index (χ0) is 25.1. The number of amides is 1. The number of hydrogen-bond acceptors (Lipinski definition) is 12. The Morgan fingerprint density at radius 2 is 1.73 bits per heavy atom. The lowest BCUT2D eigenvalue weighted by Crippen LogP contribution is -2.67. The lowest BCUT2D eigenvalue weighted by molar-refractivity contribution is -0.283. The van der Waals surface area contributed by atoms with Crippen molar-refractivity contribution in [3.05, 3.63) is 0 Å². The Balaban J connectivity index is 2.18. The third kappa shape index (κ3) is 6.16. The van der Waals surface area contributed by atoms with Crippen LogP contribution in [0, 0.1) is 0 Å². The molecule has 1 unspecified atom stereocenters. The quantitative estimate of drug-likeness (QED) is 0.148. The van der Waals surface area contributed by atoms with E-state index in [-0.39, 0.29) is 19.3 Å². The molecule has 14 nitrogen and oxygen atoms in total. The monoisotopic (exact) mass is 483 g/mol. The highest BCUT2D eigenvalue weighted by Gasteiger charge is 2.54. The molecule has 0 aromatic carbocycles. The molecular weight excluding hydrogens is 450 g/mol. The van der Waals surface area contributed by atoms with Crippen molar-refractivity contribution < 1.29 is 65.0 Å². The second-order valence-electron chi connectivity index (χ2n) is 8.55. The maximum absolute atomic E-state index is 12.1. The van der Waals surface area contributed by atoms with Crippen LogP contribution in [0.3, 0.4) is 0 Å². The Labute approximate surface area is 189 Å². The van der Waals surface area contributed by atoms with Crippen molar-refractivity contribution in [3.63, 3.8) is 0 Å². The molecule has 0 aromatic rings. The van der Waals surface area contributed by atoms with E-state index in [0.717, 1.165) is 6.92 Å². The first kappa shape index (κ1) is 27.8. The summed E-state index contributed by atoms with van der Waals surface area (Å²) in [5, 5.41) is 91.2. The first-order valence-electron chi connectivity index (χ1n) is 10.6. The average Bonchev–Trinajstić information content (AvgIpc) is 2.75. The summed E-state index contributed by atoms with van der Waals surface area (Å²) in [5.74, 6) is -2.11. The van der Waals surface area contributed by atoms with E-state index in [4.69, 9.17) is 14.6 Å². The van der Waals surface area contributed by atoms with E-state index >= 15 is 0 Å². The van der Waals surface area contributed by atoms with E-state index in [1.165, 1.54) is 0 Å². The maximum atomic E-state index is 12.1. The summed E-state index contributed by atoms with van der Waals surface area (Å²) in [6.45, 7) is 0.240. The molecule has 0 radical (unpaired) electrons. The van der Waals surface area contributed by atoms with E-state index < -0.39 is 91.7 Å². The van der Waals surface area contributed by atoms with E-state index in [9.17, 15) is 50.4 Å². The summed E-state index contributed by atoms with van der Waals surface area (Å²) < 4.78 is 10.7. The van der Waals surface area contributed by atoms with Gasteiger partial charge < -0.3 is 60.7 Å². The highest BCUT2D eigenvalue weighted by atomic mass is 16.6. The fourth-order valence-corrected chi connectivity index (χ4v) is 4.25. The molecule has 0 bridgehead atoms. The number of aliphatic carboxylic acids is 1. The second-order valence-corrected chi connectivity index (χ2v) is 8.55. The van der Waals surface area contributed by atoms with Crippen LogP contribution in [0.1, 0.15) is 32.6 Å². The Bertz CT molecular complexity index is 680. The minimum Gasteiger partial charge on any atom is -0.479 e. The van der Waals surface area contributed by atoms with Crippen LogP contribution in [0.15, 0.2) is 0 Å². The SMILES string of the molecule is CC(=O)N[C@H]1[C@H]([C@H](O)[C@H](O)CO)O[C@@](CCC[C@H]2OC(O)[C@H](O)[C@@H](O)[C@H]2O)(C(=O)O)C[C@@H]1O. The maximum Gasteiger partial charge on any atom is 0.336 e. The van der Waals surface area contributed by atoms with Crippen LogP contribution in [0.4, 0.5) is 0 Å². The zero-order valence-electron chi connectivity index (χ0n) is 18.0. The third-order valence-corrected chi connectivity index (χ3v) is 6.10. The molecule has 2 saturated heterocycles. The minimum absolute atomic E-state index is 0.0214. The van der Waals surface area contributed by atoms with Crippen molar-refractivity contribution in [3.8, 4) is 0 Å². The number of rotatable bonds is 9. The van der Waals surface area contributed by atoms with Crippen molar-refractivity contribution in [2.75, 3.05) is 6.61 Å². The topological polar surface area (TPSA) is 247 Å². The molecule has 2 fully saturated rings. The van der Waals surface area contributed by atoms with Gasteiger partial charge in [0.15, 0.2) is 11.9 Å². The summed E-state index contributed by atoms with van der Waals surface area (Å²) >= 11 is 0. The Morgan fingerprint density at radius 3 is 2.27 bits per heavy atom. The first-order valence-corrected chi connectivity index (χ1v) is 10.6. The van der Waals surface area contributed by atoms with Gasteiger partial charge in [0.25, 0.3) is 0 Å². The van der Waals surface area contributed by atoms with Gasteiger partial charge in [0.2, 0.25) is 5.91 Å². The molecule has 0 spiro atoms. The fourth-order valence-electron chi connectivity index (χ4n) is 4.25. The number of carbonyl (C=O) groups excluding carboxylic acids is 1. The molecule has 192 valence electrons. The molecule has 11 atom stereocenters. The van der Waals surface area contributed by atoms with Crippen molar-refractivity contribution >= 4 is 11.9 Å². The number of carbonyl (C=O) groups is 2.